The van der Waals surface area contributed by atoms with E-state index in [0.717, 1.165) is 31.6 Å². The largest absolute Gasteiger partial charge is 0.497 e. The predicted octanol–water partition coefficient (Wildman–Crippen LogP) is 2.25. The first-order valence-corrected chi connectivity index (χ1v) is 10.9. The SMILES string of the molecule is COc1ccc2cn(-c3nc(C(=O)Nc4cncnc4N4CCNCC4)cs3)c(O)c2c1. The minimum Gasteiger partial charge on any atom is -0.497 e. The van der Waals surface area contributed by atoms with Crippen molar-refractivity contribution in [2.45, 2.75) is 0 Å². The molecule has 32 heavy (non-hydrogen) atoms. The molecule has 1 saturated heterocycles. The molecular weight excluding hydrogens is 430 g/mol. The second kappa shape index (κ2) is 8.44. The van der Waals surface area contributed by atoms with Crippen molar-refractivity contribution in [1.82, 2.24) is 24.8 Å². The third kappa shape index (κ3) is 3.72. The molecule has 1 aromatic carbocycles. The van der Waals surface area contributed by atoms with Crippen molar-refractivity contribution < 1.29 is 14.6 Å². The number of nitrogens with zero attached hydrogens (tertiary/aromatic N) is 5. The summed E-state index contributed by atoms with van der Waals surface area (Å²) in [4.78, 5) is 27.8. The van der Waals surface area contributed by atoms with Crippen molar-refractivity contribution >= 4 is 39.5 Å². The van der Waals surface area contributed by atoms with Gasteiger partial charge in [-0.2, -0.15) is 0 Å². The standard InChI is InChI=1S/C21H21N7O3S/c1-31-14-3-2-13-10-28(20(30)15(13)8-14)21-26-17(11-32-21)19(29)25-16-9-23-12-24-18(16)27-6-4-22-5-7-27/h2-3,8-12,22,30H,4-7H2,1H3,(H,25,29). The number of methoxy groups -OCH3 is 1. The van der Waals surface area contributed by atoms with Gasteiger partial charge in [0.05, 0.1) is 13.3 Å². The van der Waals surface area contributed by atoms with E-state index in [-0.39, 0.29) is 17.5 Å². The van der Waals surface area contributed by atoms with Gasteiger partial charge in [0.1, 0.15) is 23.5 Å². The van der Waals surface area contributed by atoms with Gasteiger partial charge in [-0.05, 0) is 18.2 Å². The van der Waals surface area contributed by atoms with E-state index in [1.54, 1.807) is 35.5 Å². The third-order valence-corrected chi connectivity index (χ3v) is 6.12. The summed E-state index contributed by atoms with van der Waals surface area (Å²) in [5.41, 5.74) is 0.783. The number of carbonyl (C=O) groups excluding carboxylic acids is 1. The molecule has 11 heteroatoms. The molecule has 164 valence electrons. The molecular formula is C21H21N7O3S. The first-order valence-electron chi connectivity index (χ1n) is 10.0. The molecule has 3 aromatic heterocycles. The average molecular weight is 452 g/mol. The number of hydrogen-bond acceptors (Lipinski definition) is 9. The smallest absolute Gasteiger partial charge is 0.275 e. The minimum atomic E-state index is -0.364. The number of amides is 1. The summed E-state index contributed by atoms with van der Waals surface area (Å²) < 4.78 is 6.79. The highest BCUT2D eigenvalue weighted by Crippen LogP contribution is 2.33. The first kappa shape index (κ1) is 20.2. The monoisotopic (exact) mass is 451 g/mol. The number of thiazole rings is 1. The number of anilines is 2. The number of benzene rings is 1. The van der Waals surface area contributed by atoms with Crippen molar-refractivity contribution in [3.63, 3.8) is 0 Å². The normalized spacial score (nSPS) is 14.0. The number of aromatic hydroxyl groups is 1. The number of fused-ring (bicyclic) bond motifs is 1. The Bertz CT molecular complexity index is 1280. The Morgan fingerprint density at radius 3 is 2.97 bits per heavy atom. The zero-order chi connectivity index (χ0) is 22.1. The molecule has 0 bridgehead atoms. The van der Waals surface area contributed by atoms with Crippen LogP contribution in [0.25, 0.3) is 15.9 Å². The Labute approximate surface area is 187 Å². The van der Waals surface area contributed by atoms with Gasteiger partial charge in [0.15, 0.2) is 10.9 Å². The summed E-state index contributed by atoms with van der Waals surface area (Å²) in [7, 11) is 1.58. The van der Waals surface area contributed by atoms with Crippen LogP contribution in [0.1, 0.15) is 10.5 Å². The molecule has 1 amide bonds. The van der Waals surface area contributed by atoms with Gasteiger partial charge < -0.3 is 25.4 Å². The molecule has 0 unspecified atom stereocenters. The highest BCUT2D eigenvalue weighted by molar-refractivity contribution is 7.12. The van der Waals surface area contributed by atoms with E-state index in [1.165, 1.54) is 17.7 Å². The van der Waals surface area contributed by atoms with Gasteiger partial charge in [-0.3, -0.25) is 9.36 Å². The van der Waals surface area contributed by atoms with Crippen molar-refractivity contribution in [1.29, 1.82) is 0 Å². The molecule has 0 saturated carbocycles. The molecule has 4 heterocycles. The number of piperazine rings is 1. The number of nitrogens with one attached hydrogen (secondary N) is 2. The highest BCUT2D eigenvalue weighted by Gasteiger charge is 2.20. The van der Waals surface area contributed by atoms with Gasteiger partial charge in [0.25, 0.3) is 5.91 Å². The Hall–Kier alpha value is -3.70. The van der Waals surface area contributed by atoms with E-state index in [9.17, 15) is 9.90 Å². The van der Waals surface area contributed by atoms with Gasteiger partial charge in [-0.25, -0.2) is 15.0 Å². The number of ether oxygens (including phenoxy) is 1. The summed E-state index contributed by atoms with van der Waals surface area (Å²) >= 11 is 1.26. The van der Waals surface area contributed by atoms with Crippen LogP contribution in [0.15, 0.2) is 42.3 Å². The Kier molecular flexibility index (Phi) is 5.33. The van der Waals surface area contributed by atoms with Crippen LogP contribution in [0, 0.1) is 0 Å². The minimum absolute atomic E-state index is 0.0395. The fourth-order valence-electron chi connectivity index (χ4n) is 3.65. The lowest BCUT2D eigenvalue weighted by molar-refractivity contribution is 0.102. The molecule has 5 rings (SSSR count). The van der Waals surface area contributed by atoms with E-state index < -0.39 is 0 Å². The van der Waals surface area contributed by atoms with Gasteiger partial charge in [-0.1, -0.05) is 0 Å². The highest BCUT2D eigenvalue weighted by atomic mass is 32.1. The van der Waals surface area contributed by atoms with Crippen LogP contribution in [0.2, 0.25) is 0 Å². The van der Waals surface area contributed by atoms with Crippen LogP contribution in [-0.4, -0.2) is 63.8 Å². The summed E-state index contributed by atoms with van der Waals surface area (Å²) in [6.45, 7) is 3.30. The maximum absolute atomic E-state index is 12.9. The van der Waals surface area contributed by atoms with Crippen LogP contribution < -0.4 is 20.3 Å². The van der Waals surface area contributed by atoms with Gasteiger partial charge in [-0.15, -0.1) is 11.3 Å². The lowest BCUT2D eigenvalue weighted by Crippen LogP contribution is -2.44. The van der Waals surface area contributed by atoms with E-state index in [0.29, 0.717) is 27.8 Å². The number of aromatic nitrogens is 4. The fourth-order valence-corrected chi connectivity index (χ4v) is 4.43. The maximum Gasteiger partial charge on any atom is 0.275 e. The van der Waals surface area contributed by atoms with E-state index in [2.05, 4.69) is 30.5 Å². The first-order chi connectivity index (χ1) is 15.6. The molecule has 0 atom stereocenters. The molecule has 4 aromatic rings. The molecule has 0 spiro atoms. The Balaban J connectivity index is 1.39. The summed E-state index contributed by atoms with van der Waals surface area (Å²) in [6, 6.07) is 5.44. The second-order valence-corrected chi connectivity index (χ2v) is 8.08. The quantitative estimate of drug-likeness (QED) is 0.423. The Morgan fingerprint density at radius 2 is 2.16 bits per heavy atom. The average Bonchev–Trinajstić information content (AvgIpc) is 3.45. The molecule has 1 aliphatic heterocycles. The second-order valence-electron chi connectivity index (χ2n) is 7.24. The van der Waals surface area contributed by atoms with Crippen LogP contribution in [-0.2, 0) is 0 Å². The zero-order valence-electron chi connectivity index (χ0n) is 17.3. The topological polar surface area (TPSA) is 117 Å². The van der Waals surface area contributed by atoms with Crippen molar-refractivity contribution in [2.75, 3.05) is 43.5 Å². The summed E-state index contributed by atoms with van der Waals surface area (Å²) in [5.74, 6) is 1.01. The maximum atomic E-state index is 12.9. The summed E-state index contributed by atoms with van der Waals surface area (Å²) in [6.07, 6.45) is 4.84. The molecule has 0 aliphatic carbocycles. The summed E-state index contributed by atoms with van der Waals surface area (Å²) in [5, 5.41) is 20.5. The third-order valence-electron chi connectivity index (χ3n) is 5.28. The van der Waals surface area contributed by atoms with Crippen LogP contribution in [0.5, 0.6) is 11.6 Å². The lowest BCUT2D eigenvalue weighted by Gasteiger charge is -2.29. The zero-order valence-corrected chi connectivity index (χ0v) is 18.1. The molecule has 0 radical (unpaired) electrons. The van der Waals surface area contributed by atoms with Gasteiger partial charge in [0, 0.05) is 48.5 Å². The number of carbonyl (C=O) groups is 1. The molecule has 10 nitrogen and oxygen atoms in total. The van der Waals surface area contributed by atoms with Crippen LogP contribution in [0.3, 0.4) is 0 Å². The molecule has 1 aliphatic rings. The Morgan fingerprint density at radius 1 is 1.31 bits per heavy atom. The van der Waals surface area contributed by atoms with Gasteiger partial charge in [0.2, 0.25) is 5.88 Å². The van der Waals surface area contributed by atoms with Crippen LogP contribution >= 0.6 is 11.3 Å². The molecule has 1 fully saturated rings. The van der Waals surface area contributed by atoms with Crippen molar-refractivity contribution in [3.05, 3.63) is 48.0 Å². The number of rotatable bonds is 5. The van der Waals surface area contributed by atoms with E-state index in [4.69, 9.17) is 4.74 Å². The lowest BCUT2D eigenvalue weighted by atomic mass is 10.2. The predicted molar refractivity (Wildman–Crippen MR) is 122 cm³/mol. The fraction of sp³-hybridized carbons (Fsp3) is 0.238. The van der Waals surface area contributed by atoms with E-state index >= 15 is 0 Å². The molecule has 3 N–H and O–H groups in total. The van der Waals surface area contributed by atoms with Crippen molar-refractivity contribution in [3.8, 4) is 16.8 Å². The van der Waals surface area contributed by atoms with Gasteiger partial charge >= 0.3 is 0 Å². The van der Waals surface area contributed by atoms with Crippen LogP contribution in [0.4, 0.5) is 11.5 Å². The van der Waals surface area contributed by atoms with Crippen molar-refractivity contribution in [2.24, 2.45) is 0 Å². The number of hydrogen-bond donors (Lipinski definition) is 3. The van der Waals surface area contributed by atoms with E-state index in [1.807, 2.05) is 12.1 Å².